The Morgan fingerprint density at radius 1 is 1.19 bits per heavy atom. The summed E-state index contributed by atoms with van der Waals surface area (Å²) in [6.45, 7) is 5.60. The minimum Gasteiger partial charge on any atom is -0.507 e. The number of anilines is 1. The molecule has 1 aromatic heterocycles. The third-order valence-electron chi connectivity index (χ3n) is 5.95. The highest BCUT2D eigenvalue weighted by Crippen LogP contribution is 2.37. The minimum absolute atomic E-state index is 0.0196. The van der Waals surface area contributed by atoms with Crippen molar-refractivity contribution in [2.75, 3.05) is 50.9 Å². The number of amides is 1. The second kappa shape index (κ2) is 7.93. The maximum Gasteiger partial charge on any atom is 0.263 e. The van der Waals surface area contributed by atoms with Crippen molar-refractivity contribution in [1.29, 1.82) is 0 Å². The molecule has 0 radical (unpaired) electrons. The van der Waals surface area contributed by atoms with E-state index in [0.717, 1.165) is 0 Å². The summed E-state index contributed by atoms with van der Waals surface area (Å²) in [4.78, 5) is 26.3. The van der Waals surface area contributed by atoms with Gasteiger partial charge in [0.25, 0.3) is 5.91 Å². The van der Waals surface area contributed by atoms with Gasteiger partial charge in [0.15, 0.2) is 5.82 Å². The largest absolute Gasteiger partial charge is 0.507 e. The zero-order chi connectivity index (χ0) is 21.5. The molecule has 2 atom stereocenters. The number of morpholine rings is 1. The number of carbonyl (C=O) groups excluding carboxylic acids is 1. The first-order valence-corrected chi connectivity index (χ1v) is 10.4. The van der Waals surface area contributed by atoms with E-state index in [-0.39, 0.29) is 53.2 Å². The van der Waals surface area contributed by atoms with Crippen molar-refractivity contribution < 1.29 is 23.8 Å². The molecule has 2 saturated heterocycles. The highest BCUT2D eigenvalue weighted by molar-refractivity contribution is 6.02. The van der Waals surface area contributed by atoms with Crippen molar-refractivity contribution in [3.05, 3.63) is 29.6 Å². The maximum atomic E-state index is 14.6. The van der Waals surface area contributed by atoms with Crippen molar-refractivity contribution in [1.82, 2.24) is 20.2 Å². The number of aromatic nitrogens is 2. The number of nitrogens with zero attached hydrogens (tertiary/aromatic N) is 4. The van der Waals surface area contributed by atoms with Gasteiger partial charge in [-0.2, -0.15) is 4.98 Å². The normalized spacial score (nSPS) is 23.6. The molecular weight excluding hydrogens is 405 g/mol. The summed E-state index contributed by atoms with van der Waals surface area (Å²) in [5.74, 6) is -0.654. The molecule has 2 aromatic rings. The zero-order valence-corrected chi connectivity index (χ0v) is 17.2. The van der Waals surface area contributed by atoms with Gasteiger partial charge in [0.1, 0.15) is 29.6 Å². The van der Waals surface area contributed by atoms with Crippen LogP contribution in [0.4, 0.5) is 10.2 Å². The average Bonchev–Trinajstić information content (AvgIpc) is 2.91. The van der Waals surface area contributed by atoms with Crippen LogP contribution in [0.15, 0.2) is 18.2 Å². The van der Waals surface area contributed by atoms with Gasteiger partial charge in [0, 0.05) is 26.2 Å². The fraction of sp³-hybridized carbons (Fsp3) is 0.476. The molecule has 0 aliphatic carbocycles. The van der Waals surface area contributed by atoms with Crippen LogP contribution in [0, 0.1) is 5.82 Å². The summed E-state index contributed by atoms with van der Waals surface area (Å²) < 4.78 is 26.1. The molecule has 164 valence electrons. The smallest absolute Gasteiger partial charge is 0.263 e. The van der Waals surface area contributed by atoms with Crippen molar-refractivity contribution in [3.63, 3.8) is 0 Å². The van der Waals surface area contributed by atoms with Crippen LogP contribution in [-0.2, 0) is 4.74 Å². The minimum atomic E-state index is -0.650. The highest BCUT2D eigenvalue weighted by Gasteiger charge is 2.38. The standard InChI is InChI=1S/C21H24FN5O4/c1-12-10-30-8-7-26(12)19-17-20(31-11-13-9-23-5-6-27(13)21(17)29)25-18(24-19)16-14(22)3-2-4-15(16)28/h2-4,12-13,23,28H,5-11H2,1H3/t12-,13?/m0/s1. The third kappa shape index (κ3) is 3.45. The number of phenolic OH excluding ortho intramolecular Hbond substituents is 1. The lowest BCUT2D eigenvalue weighted by molar-refractivity contribution is 0.0604. The fourth-order valence-electron chi connectivity index (χ4n) is 4.31. The van der Waals surface area contributed by atoms with Crippen LogP contribution in [0.1, 0.15) is 17.3 Å². The predicted molar refractivity (Wildman–Crippen MR) is 110 cm³/mol. The van der Waals surface area contributed by atoms with Gasteiger partial charge in [-0.1, -0.05) is 6.07 Å². The quantitative estimate of drug-likeness (QED) is 0.730. The number of aromatic hydroxyl groups is 1. The summed E-state index contributed by atoms with van der Waals surface area (Å²) in [5, 5.41) is 13.6. The first-order chi connectivity index (χ1) is 15.0. The molecule has 1 aromatic carbocycles. The predicted octanol–water partition coefficient (Wildman–Crippen LogP) is 1.02. The van der Waals surface area contributed by atoms with Crippen LogP contribution in [-0.4, -0.2) is 84.0 Å². The number of rotatable bonds is 2. The topological polar surface area (TPSA) is 100 Å². The Hall–Kier alpha value is -2.98. The van der Waals surface area contributed by atoms with Gasteiger partial charge in [-0.05, 0) is 19.1 Å². The number of carbonyl (C=O) groups is 1. The number of hydrogen-bond donors (Lipinski definition) is 2. The van der Waals surface area contributed by atoms with Gasteiger partial charge in [-0.15, -0.1) is 0 Å². The summed E-state index contributed by atoms with van der Waals surface area (Å²) in [7, 11) is 0. The SMILES string of the molecule is C[C@H]1COCCN1c1nc(-c2c(O)cccc2F)nc2c1C(=O)N1CCNCC1CO2. The lowest BCUT2D eigenvalue weighted by Crippen LogP contribution is -2.55. The Kier molecular flexibility index (Phi) is 5.11. The molecule has 0 saturated carbocycles. The van der Waals surface area contributed by atoms with E-state index >= 15 is 0 Å². The van der Waals surface area contributed by atoms with Gasteiger partial charge < -0.3 is 29.7 Å². The number of phenols is 1. The monoisotopic (exact) mass is 429 g/mol. The van der Waals surface area contributed by atoms with Gasteiger partial charge in [-0.3, -0.25) is 4.79 Å². The molecule has 2 N–H and O–H groups in total. The van der Waals surface area contributed by atoms with Crippen LogP contribution in [0.3, 0.4) is 0 Å². The number of fused-ring (bicyclic) bond motifs is 2. The summed E-state index contributed by atoms with van der Waals surface area (Å²) in [5.41, 5.74) is 0.157. The molecule has 0 bridgehead atoms. The zero-order valence-electron chi connectivity index (χ0n) is 17.2. The molecule has 0 spiro atoms. The van der Waals surface area contributed by atoms with E-state index in [1.807, 2.05) is 11.8 Å². The second-order valence-corrected chi connectivity index (χ2v) is 7.97. The van der Waals surface area contributed by atoms with Crippen LogP contribution < -0.4 is 15.0 Å². The lowest BCUT2D eigenvalue weighted by Gasteiger charge is -2.36. The van der Waals surface area contributed by atoms with E-state index in [4.69, 9.17) is 9.47 Å². The van der Waals surface area contributed by atoms with Crippen molar-refractivity contribution in [2.24, 2.45) is 0 Å². The van der Waals surface area contributed by atoms with E-state index < -0.39 is 5.82 Å². The van der Waals surface area contributed by atoms with E-state index in [1.54, 1.807) is 4.90 Å². The average molecular weight is 429 g/mol. The molecular formula is C21H24FN5O4. The van der Waals surface area contributed by atoms with E-state index in [9.17, 15) is 14.3 Å². The molecule has 2 fully saturated rings. The van der Waals surface area contributed by atoms with Gasteiger partial charge in [-0.25, -0.2) is 9.37 Å². The summed E-state index contributed by atoms with van der Waals surface area (Å²) in [6.07, 6.45) is 0. The summed E-state index contributed by atoms with van der Waals surface area (Å²) >= 11 is 0. The fourth-order valence-corrected chi connectivity index (χ4v) is 4.31. The number of halogens is 1. The summed E-state index contributed by atoms with van der Waals surface area (Å²) in [6, 6.07) is 3.84. The third-order valence-corrected chi connectivity index (χ3v) is 5.95. The molecule has 3 aliphatic heterocycles. The first-order valence-electron chi connectivity index (χ1n) is 10.4. The number of nitrogens with one attached hydrogen (secondary N) is 1. The molecule has 9 nitrogen and oxygen atoms in total. The van der Waals surface area contributed by atoms with Crippen LogP contribution >= 0.6 is 0 Å². The Labute approximate surface area is 178 Å². The van der Waals surface area contributed by atoms with E-state index in [0.29, 0.717) is 45.2 Å². The van der Waals surface area contributed by atoms with E-state index in [1.165, 1.54) is 18.2 Å². The van der Waals surface area contributed by atoms with Crippen LogP contribution in [0.5, 0.6) is 11.6 Å². The van der Waals surface area contributed by atoms with Gasteiger partial charge in [0.05, 0.1) is 30.9 Å². The maximum absolute atomic E-state index is 14.6. The van der Waals surface area contributed by atoms with Gasteiger partial charge in [0.2, 0.25) is 5.88 Å². The Bertz CT molecular complexity index is 999. The Morgan fingerprint density at radius 3 is 2.87 bits per heavy atom. The molecule has 5 rings (SSSR count). The first kappa shape index (κ1) is 20.0. The Balaban J connectivity index is 1.70. The molecule has 10 heteroatoms. The molecule has 3 aliphatic rings. The molecule has 4 heterocycles. The van der Waals surface area contributed by atoms with Crippen LogP contribution in [0.25, 0.3) is 11.4 Å². The number of piperazine rings is 1. The molecule has 1 amide bonds. The lowest BCUT2D eigenvalue weighted by atomic mass is 10.1. The number of benzene rings is 1. The Morgan fingerprint density at radius 2 is 2.06 bits per heavy atom. The highest BCUT2D eigenvalue weighted by atomic mass is 19.1. The number of hydrogen-bond acceptors (Lipinski definition) is 8. The van der Waals surface area contributed by atoms with E-state index in [2.05, 4.69) is 15.3 Å². The van der Waals surface area contributed by atoms with Crippen molar-refractivity contribution in [3.8, 4) is 23.0 Å². The van der Waals surface area contributed by atoms with Crippen molar-refractivity contribution in [2.45, 2.75) is 19.0 Å². The van der Waals surface area contributed by atoms with Gasteiger partial charge >= 0.3 is 0 Å². The number of ether oxygens (including phenoxy) is 2. The second-order valence-electron chi connectivity index (χ2n) is 7.97. The van der Waals surface area contributed by atoms with Crippen molar-refractivity contribution >= 4 is 11.7 Å². The molecule has 1 unspecified atom stereocenters. The van der Waals surface area contributed by atoms with Crippen LogP contribution in [0.2, 0.25) is 0 Å². The molecule has 31 heavy (non-hydrogen) atoms.